The molecule has 2 N–H and O–H groups in total. The van der Waals surface area contributed by atoms with Crippen molar-refractivity contribution in [3.8, 4) is 0 Å². The molecule has 0 radical (unpaired) electrons. The number of aliphatic imine (C=N–C) groups is 1. The standard InChI is InChI=1S/C20H24ClF3N2O/c1-13-6-2-3-7-14(13)18(19(27)9-4-5-10-19)26-12-16-17(21)15(8-11-25-16)20(22,23)24/h2-3,6-8,11,15,17-18,26-27H,4-5,9-10,12H2,1H3. The van der Waals surface area contributed by atoms with E-state index in [2.05, 4.69) is 10.3 Å². The summed E-state index contributed by atoms with van der Waals surface area (Å²) in [6.07, 6.45) is 0.910. The molecule has 1 aromatic carbocycles. The van der Waals surface area contributed by atoms with Crippen LogP contribution in [0.1, 0.15) is 42.9 Å². The second-order valence-electron chi connectivity index (χ2n) is 7.41. The summed E-state index contributed by atoms with van der Waals surface area (Å²) in [4.78, 5) is 4.07. The summed E-state index contributed by atoms with van der Waals surface area (Å²) >= 11 is 6.08. The van der Waals surface area contributed by atoms with Crippen molar-refractivity contribution < 1.29 is 18.3 Å². The van der Waals surface area contributed by atoms with E-state index in [1.165, 1.54) is 6.20 Å². The number of aliphatic hydroxyl groups is 1. The lowest BCUT2D eigenvalue weighted by Gasteiger charge is -2.35. The van der Waals surface area contributed by atoms with Gasteiger partial charge in [-0.1, -0.05) is 43.2 Å². The van der Waals surface area contributed by atoms with Crippen molar-refractivity contribution in [3.63, 3.8) is 0 Å². The zero-order chi connectivity index (χ0) is 19.7. The molecule has 0 aromatic heterocycles. The minimum atomic E-state index is -4.41. The predicted molar refractivity (Wildman–Crippen MR) is 101 cm³/mol. The highest BCUT2D eigenvalue weighted by Crippen LogP contribution is 2.41. The first-order chi connectivity index (χ1) is 12.7. The molecular formula is C20H24ClF3N2O. The molecule has 1 aromatic rings. The fourth-order valence-electron chi connectivity index (χ4n) is 4.01. The minimum Gasteiger partial charge on any atom is -0.388 e. The van der Waals surface area contributed by atoms with E-state index in [1.54, 1.807) is 0 Å². The maximum Gasteiger partial charge on any atom is 0.397 e. The lowest BCUT2D eigenvalue weighted by atomic mass is 9.84. The third-order valence-corrected chi connectivity index (χ3v) is 6.06. The quantitative estimate of drug-likeness (QED) is 0.704. The summed E-state index contributed by atoms with van der Waals surface area (Å²) in [7, 11) is 0. The van der Waals surface area contributed by atoms with E-state index < -0.39 is 23.1 Å². The van der Waals surface area contributed by atoms with Crippen molar-refractivity contribution in [1.82, 2.24) is 5.32 Å². The van der Waals surface area contributed by atoms with E-state index in [0.717, 1.165) is 30.0 Å². The van der Waals surface area contributed by atoms with Crippen LogP contribution in [-0.4, -0.2) is 34.5 Å². The number of alkyl halides is 4. The highest BCUT2D eigenvalue weighted by atomic mass is 35.5. The van der Waals surface area contributed by atoms with Crippen molar-refractivity contribution in [2.45, 2.75) is 55.8 Å². The highest BCUT2D eigenvalue weighted by Gasteiger charge is 2.46. The molecule has 3 rings (SSSR count). The van der Waals surface area contributed by atoms with Crippen LogP contribution in [0.15, 0.2) is 41.5 Å². The predicted octanol–water partition coefficient (Wildman–Crippen LogP) is 4.69. The summed E-state index contributed by atoms with van der Waals surface area (Å²) in [5.74, 6) is -1.75. The number of benzene rings is 1. The fourth-order valence-corrected chi connectivity index (χ4v) is 4.37. The Kier molecular flexibility index (Phi) is 5.99. The number of nitrogens with zero attached hydrogens (tertiary/aromatic N) is 1. The minimum absolute atomic E-state index is 0.0897. The van der Waals surface area contributed by atoms with E-state index in [1.807, 2.05) is 31.2 Å². The topological polar surface area (TPSA) is 44.6 Å². The zero-order valence-electron chi connectivity index (χ0n) is 15.1. The van der Waals surface area contributed by atoms with Crippen LogP contribution in [0.5, 0.6) is 0 Å². The molecule has 1 aliphatic heterocycles. The Hall–Kier alpha value is -1.37. The number of hydrogen-bond donors (Lipinski definition) is 2. The van der Waals surface area contributed by atoms with Crippen LogP contribution in [0.25, 0.3) is 0 Å². The molecule has 3 atom stereocenters. The number of hydrogen-bond acceptors (Lipinski definition) is 3. The molecule has 3 unspecified atom stereocenters. The number of rotatable bonds is 5. The molecule has 148 valence electrons. The molecule has 0 spiro atoms. The van der Waals surface area contributed by atoms with Gasteiger partial charge < -0.3 is 10.4 Å². The Balaban J connectivity index is 1.81. The molecule has 7 heteroatoms. The normalized spacial score (nSPS) is 26.1. The SMILES string of the molecule is Cc1ccccc1C(NCC1=NC=CC(C(F)(F)F)C1Cl)C1(O)CCCC1. The summed E-state index contributed by atoms with van der Waals surface area (Å²) in [6, 6.07) is 7.35. The summed E-state index contributed by atoms with van der Waals surface area (Å²) in [6.45, 7) is 2.06. The first-order valence-electron chi connectivity index (χ1n) is 9.18. The number of nitrogens with one attached hydrogen (secondary N) is 1. The number of allylic oxidation sites excluding steroid dienone is 1. The van der Waals surface area contributed by atoms with Crippen LogP contribution in [-0.2, 0) is 0 Å². The zero-order valence-corrected chi connectivity index (χ0v) is 15.9. The van der Waals surface area contributed by atoms with Gasteiger partial charge in [0.25, 0.3) is 0 Å². The van der Waals surface area contributed by atoms with Crippen LogP contribution in [0.3, 0.4) is 0 Å². The van der Waals surface area contributed by atoms with Crippen LogP contribution < -0.4 is 5.32 Å². The summed E-state index contributed by atoms with van der Waals surface area (Å²) < 4.78 is 39.4. The van der Waals surface area contributed by atoms with E-state index in [0.29, 0.717) is 12.8 Å². The largest absolute Gasteiger partial charge is 0.397 e. The van der Waals surface area contributed by atoms with Gasteiger partial charge in [0.1, 0.15) is 0 Å². The molecule has 1 saturated carbocycles. The van der Waals surface area contributed by atoms with Gasteiger partial charge in [0, 0.05) is 12.7 Å². The maximum absolute atomic E-state index is 13.1. The lowest BCUT2D eigenvalue weighted by molar-refractivity contribution is -0.158. The second kappa shape index (κ2) is 7.94. The van der Waals surface area contributed by atoms with Crippen LogP contribution in [0, 0.1) is 12.8 Å². The van der Waals surface area contributed by atoms with Gasteiger partial charge in [-0.15, -0.1) is 11.6 Å². The average Bonchev–Trinajstić information content (AvgIpc) is 3.04. The van der Waals surface area contributed by atoms with Gasteiger partial charge in [-0.2, -0.15) is 13.2 Å². The van der Waals surface area contributed by atoms with E-state index >= 15 is 0 Å². The monoisotopic (exact) mass is 400 g/mol. The van der Waals surface area contributed by atoms with Gasteiger partial charge in [-0.3, -0.25) is 4.99 Å². The third-order valence-electron chi connectivity index (χ3n) is 5.54. The molecule has 3 nitrogen and oxygen atoms in total. The number of halogens is 4. The van der Waals surface area contributed by atoms with E-state index in [-0.39, 0.29) is 18.3 Å². The van der Waals surface area contributed by atoms with Crippen molar-refractivity contribution in [2.75, 3.05) is 6.54 Å². The fraction of sp³-hybridized carbons (Fsp3) is 0.550. The smallest absolute Gasteiger partial charge is 0.388 e. The highest BCUT2D eigenvalue weighted by molar-refractivity contribution is 6.33. The molecule has 2 aliphatic rings. The Labute approximate surface area is 162 Å². The van der Waals surface area contributed by atoms with Crippen molar-refractivity contribution in [1.29, 1.82) is 0 Å². The molecule has 1 fully saturated rings. The van der Waals surface area contributed by atoms with Gasteiger partial charge in [0.05, 0.1) is 28.6 Å². The van der Waals surface area contributed by atoms with Gasteiger partial charge >= 0.3 is 6.18 Å². The Morgan fingerprint density at radius 3 is 2.59 bits per heavy atom. The molecule has 27 heavy (non-hydrogen) atoms. The van der Waals surface area contributed by atoms with E-state index in [4.69, 9.17) is 11.6 Å². The summed E-state index contributed by atoms with van der Waals surface area (Å²) in [5, 5.41) is 13.2. The summed E-state index contributed by atoms with van der Waals surface area (Å²) in [5.41, 5.74) is 1.29. The van der Waals surface area contributed by atoms with Crippen LogP contribution >= 0.6 is 11.6 Å². The molecule has 1 aliphatic carbocycles. The van der Waals surface area contributed by atoms with Crippen molar-refractivity contribution in [3.05, 3.63) is 47.7 Å². The van der Waals surface area contributed by atoms with E-state index in [9.17, 15) is 18.3 Å². The lowest BCUT2D eigenvalue weighted by Crippen LogP contribution is -2.47. The average molecular weight is 401 g/mol. The van der Waals surface area contributed by atoms with Gasteiger partial charge in [-0.25, -0.2) is 0 Å². The van der Waals surface area contributed by atoms with Gasteiger partial charge in [-0.05, 0) is 30.9 Å². The van der Waals surface area contributed by atoms with Crippen molar-refractivity contribution >= 4 is 17.3 Å². The second-order valence-corrected chi connectivity index (χ2v) is 7.88. The third kappa shape index (κ3) is 4.39. The van der Waals surface area contributed by atoms with Crippen molar-refractivity contribution in [2.24, 2.45) is 10.9 Å². The molecule has 0 bridgehead atoms. The molecular weight excluding hydrogens is 377 g/mol. The molecule has 0 saturated heterocycles. The maximum atomic E-state index is 13.1. The number of aryl methyl sites for hydroxylation is 1. The molecule has 1 heterocycles. The van der Waals surface area contributed by atoms with Crippen LogP contribution in [0.2, 0.25) is 0 Å². The Morgan fingerprint density at radius 1 is 1.30 bits per heavy atom. The van der Waals surface area contributed by atoms with Gasteiger partial charge in [0.15, 0.2) is 0 Å². The molecule has 0 amide bonds. The Morgan fingerprint density at radius 2 is 1.96 bits per heavy atom. The van der Waals surface area contributed by atoms with Gasteiger partial charge in [0.2, 0.25) is 0 Å². The Bertz CT molecular complexity index is 726. The van der Waals surface area contributed by atoms with Crippen LogP contribution in [0.4, 0.5) is 13.2 Å². The first-order valence-corrected chi connectivity index (χ1v) is 9.61. The first kappa shape index (κ1) is 20.4.